The molecular formula is C13H20N6S2. The van der Waals surface area contributed by atoms with Gasteiger partial charge in [-0.25, -0.2) is 9.97 Å². The van der Waals surface area contributed by atoms with Crippen molar-refractivity contribution in [2.24, 2.45) is 0 Å². The molecule has 0 atom stereocenters. The van der Waals surface area contributed by atoms with Crippen molar-refractivity contribution in [3.8, 4) is 0 Å². The van der Waals surface area contributed by atoms with E-state index in [9.17, 15) is 0 Å². The van der Waals surface area contributed by atoms with E-state index in [4.69, 9.17) is 0 Å². The van der Waals surface area contributed by atoms with Crippen LogP contribution in [0.4, 0.5) is 10.9 Å². The number of aromatic nitrogens is 4. The Morgan fingerprint density at radius 2 is 2.00 bits per heavy atom. The lowest BCUT2D eigenvalue weighted by molar-refractivity contribution is 0.803. The van der Waals surface area contributed by atoms with Crippen LogP contribution in [-0.4, -0.2) is 41.3 Å². The van der Waals surface area contributed by atoms with Gasteiger partial charge in [0, 0.05) is 33.1 Å². The van der Waals surface area contributed by atoms with Crippen molar-refractivity contribution in [3.05, 3.63) is 11.4 Å². The van der Waals surface area contributed by atoms with Crippen molar-refractivity contribution >= 4 is 34.0 Å². The molecule has 2 aromatic rings. The highest BCUT2D eigenvalue weighted by Gasteiger charge is 2.14. The molecule has 0 saturated heterocycles. The van der Waals surface area contributed by atoms with Crippen LogP contribution >= 0.6 is 23.1 Å². The van der Waals surface area contributed by atoms with Crippen LogP contribution in [0, 0.1) is 6.92 Å². The highest BCUT2D eigenvalue weighted by atomic mass is 32.2. The molecule has 0 bridgehead atoms. The largest absolute Gasteiger partial charge is 0.373 e. The Labute approximate surface area is 133 Å². The van der Waals surface area contributed by atoms with E-state index >= 15 is 0 Å². The van der Waals surface area contributed by atoms with Crippen LogP contribution in [0.5, 0.6) is 0 Å². The predicted molar refractivity (Wildman–Crippen MR) is 88.7 cm³/mol. The monoisotopic (exact) mass is 324 g/mol. The number of hydrogen-bond acceptors (Lipinski definition) is 8. The first-order valence-electron chi connectivity index (χ1n) is 6.79. The van der Waals surface area contributed by atoms with Gasteiger partial charge in [0.25, 0.3) is 0 Å². The third-order valence-corrected chi connectivity index (χ3v) is 5.05. The number of nitrogens with one attached hydrogen (secondary N) is 1. The molecule has 0 saturated carbocycles. The highest BCUT2D eigenvalue weighted by molar-refractivity contribution is 8.01. The van der Waals surface area contributed by atoms with E-state index in [0.29, 0.717) is 0 Å². The summed E-state index contributed by atoms with van der Waals surface area (Å²) < 4.78 is 0.894. The molecule has 0 amide bonds. The van der Waals surface area contributed by atoms with Gasteiger partial charge in [-0.05, 0) is 25.1 Å². The van der Waals surface area contributed by atoms with Gasteiger partial charge in [-0.3, -0.25) is 0 Å². The lowest BCUT2D eigenvalue weighted by Gasteiger charge is -2.10. The fraction of sp³-hybridized carbons (Fsp3) is 0.538. The van der Waals surface area contributed by atoms with Crippen molar-refractivity contribution < 1.29 is 0 Å². The van der Waals surface area contributed by atoms with Crippen LogP contribution in [0.25, 0.3) is 0 Å². The molecule has 2 heterocycles. The zero-order valence-corrected chi connectivity index (χ0v) is 14.6. The Kier molecular flexibility index (Phi) is 5.35. The molecule has 0 aliphatic carbocycles. The molecule has 0 aromatic carbocycles. The van der Waals surface area contributed by atoms with Gasteiger partial charge >= 0.3 is 0 Å². The van der Waals surface area contributed by atoms with Crippen molar-refractivity contribution in [1.82, 2.24) is 20.2 Å². The zero-order chi connectivity index (χ0) is 15.4. The van der Waals surface area contributed by atoms with E-state index in [1.165, 1.54) is 0 Å². The van der Waals surface area contributed by atoms with Gasteiger partial charge in [0.1, 0.15) is 16.7 Å². The molecule has 114 valence electrons. The van der Waals surface area contributed by atoms with Gasteiger partial charge in [0.05, 0.1) is 0 Å². The Morgan fingerprint density at radius 3 is 2.57 bits per heavy atom. The zero-order valence-electron chi connectivity index (χ0n) is 13.0. The number of nitrogens with zero attached hydrogens (tertiary/aromatic N) is 5. The third-order valence-electron chi connectivity index (χ3n) is 2.82. The minimum atomic E-state index is 0.868. The van der Waals surface area contributed by atoms with Gasteiger partial charge in [-0.2, -0.15) is 0 Å². The second-order valence-electron chi connectivity index (χ2n) is 4.77. The molecule has 0 aliphatic heterocycles. The van der Waals surface area contributed by atoms with Crippen LogP contribution in [-0.2, 0) is 6.42 Å². The van der Waals surface area contributed by atoms with E-state index < -0.39 is 0 Å². The minimum absolute atomic E-state index is 0.868. The van der Waals surface area contributed by atoms with Gasteiger partial charge in [-0.15, -0.1) is 10.2 Å². The third kappa shape index (κ3) is 3.82. The second-order valence-corrected chi connectivity index (χ2v) is 6.96. The molecular weight excluding hydrogens is 304 g/mol. The Morgan fingerprint density at radius 1 is 1.24 bits per heavy atom. The summed E-state index contributed by atoms with van der Waals surface area (Å²) in [6.45, 7) is 4.15. The Hall–Kier alpha value is -1.41. The maximum Gasteiger partial charge on any atom is 0.208 e. The minimum Gasteiger partial charge on any atom is -0.373 e. The van der Waals surface area contributed by atoms with Crippen LogP contribution in [0.1, 0.15) is 24.7 Å². The highest BCUT2D eigenvalue weighted by Crippen LogP contribution is 2.34. The van der Waals surface area contributed by atoms with Crippen molar-refractivity contribution in [3.63, 3.8) is 0 Å². The molecule has 21 heavy (non-hydrogen) atoms. The van der Waals surface area contributed by atoms with E-state index in [2.05, 4.69) is 32.4 Å². The summed E-state index contributed by atoms with van der Waals surface area (Å²) in [5.74, 6) is 1.75. The first-order chi connectivity index (χ1) is 10.0. The van der Waals surface area contributed by atoms with Gasteiger partial charge in [0.2, 0.25) is 5.13 Å². The molecule has 2 aromatic heterocycles. The van der Waals surface area contributed by atoms with Crippen LogP contribution < -0.4 is 10.2 Å². The number of hydrogen-bond donors (Lipinski definition) is 1. The van der Waals surface area contributed by atoms with Gasteiger partial charge in [-0.1, -0.05) is 18.3 Å². The molecule has 8 heteroatoms. The normalized spacial score (nSPS) is 10.7. The fourth-order valence-electron chi connectivity index (χ4n) is 1.73. The van der Waals surface area contributed by atoms with E-state index in [-0.39, 0.29) is 0 Å². The van der Waals surface area contributed by atoms with E-state index in [0.717, 1.165) is 44.5 Å². The van der Waals surface area contributed by atoms with E-state index in [1.54, 1.807) is 23.1 Å². The molecule has 0 radical (unpaired) electrons. The number of aryl methyl sites for hydroxylation is 1. The summed E-state index contributed by atoms with van der Waals surface area (Å²) in [7, 11) is 5.81. The molecule has 6 nitrogen and oxygen atoms in total. The quantitative estimate of drug-likeness (QED) is 0.819. The molecule has 1 N–H and O–H groups in total. The van der Waals surface area contributed by atoms with Crippen molar-refractivity contribution in [2.45, 2.75) is 36.1 Å². The Balaban J connectivity index is 2.30. The molecule has 0 fully saturated rings. The van der Waals surface area contributed by atoms with E-state index in [1.807, 2.05) is 33.0 Å². The fourth-order valence-corrected chi connectivity index (χ4v) is 3.50. The lowest BCUT2D eigenvalue weighted by atomic mass is 10.3. The molecule has 0 unspecified atom stereocenters. The first kappa shape index (κ1) is 16.0. The first-order valence-corrected chi connectivity index (χ1v) is 8.42. The van der Waals surface area contributed by atoms with Crippen LogP contribution in [0.2, 0.25) is 0 Å². The maximum absolute atomic E-state index is 4.66. The predicted octanol–water partition coefficient (Wildman–Crippen LogP) is 2.85. The molecule has 0 aliphatic rings. The summed E-state index contributed by atoms with van der Waals surface area (Å²) in [5, 5.41) is 13.3. The Bertz CT molecular complexity index is 611. The summed E-state index contributed by atoms with van der Waals surface area (Å²) in [5.41, 5.74) is 1.05. The molecule has 2 rings (SSSR count). The average Bonchev–Trinajstić information content (AvgIpc) is 2.91. The van der Waals surface area contributed by atoms with Crippen molar-refractivity contribution in [1.29, 1.82) is 0 Å². The average molecular weight is 324 g/mol. The maximum atomic E-state index is 4.66. The van der Waals surface area contributed by atoms with Gasteiger partial charge in [0.15, 0.2) is 4.34 Å². The smallest absolute Gasteiger partial charge is 0.208 e. The number of anilines is 2. The van der Waals surface area contributed by atoms with Gasteiger partial charge < -0.3 is 10.2 Å². The standard InChI is InChI=1S/C13H20N6S2/c1-6-7-9-15-10(14-3)8(2)11(16-9)20-13-18-17-12(21-13)19(4)5/h6-7H2,1-5H3,(H,14,15,16). The second kappa shape index (κ2) is 7.04. The number of rotatable bonds is 6. The SMILES string of the molecule is CCCc1nc(NC)c(C)c(Sc2nnc(N(C)C)s2)n1. The summed E-state index contributed by atoms with van der Waals surface area (Å²) in [4.78, 5) is 11.2. The van der Waals surface area contributed by atoms with Crippen molar-refractivity contribution in [2.75, 3.05) is 31.4 Å². The summed E-state index contributed by atoms with van der Waals surface area (Å²) in [6.07, 6.45) is 1.90. The lowest BCUT2D eigenvalue weighted by Crippen LogP contribution is -2.07. The topological polar surface area (TPSA) is 66.8 Å². The van der Waals surface area contributed by atoms with Crippen LogP contribution in [0.3, 0.4) is 0 Å². The van der Waals surface area contributed by atoms with Crippen LogP contribution in [0.15, 0.2) is 9.37 Å². The molecule has 0 spiro atoms. The summed E-state index contributed by atoms with van der Waals surface area (Å²) in [6, 6.07) is 0. The summed E-state index contributed by atoms with van der Waals surface area (Å²) >= 11 is 3.11.